The summed E-state index contributed by atoms with van der Waals surface area (Å²) in [6.45, 7) is 7.18. The van der Waals surface area contributed by atoms with Gasteiger partial charge in [0.2, 0.25) is 0 Å². The first-order valence-electron chi connectivity index (χ1n) is 5.91. The molecule has 0 aromatic carbocycles. The Kier molecular flexibility index (Phi) is 5.43. The van der Waals surface area contributed by atoms with Crippen molar-refractivity contribution in [2.75, 3.05) is 13.7 Å². The monoisotopic (exact) mass is 222 g/mol. The highest BCUT2D eigenvalue weighted by Gasteiger charge is 2.20. The fourth-order valence-electron chi connectivity index (χ4n) is 1.89. The minimum atomic E-state index is 0.199. The van der Waals surface area contributed by atoms with Crippen LogP contribution in [-0.2, 0) is 4.74 Å². The van der Waals surface area contributed by atoms with Gasteiger partial charge in [-0.25, -0.2) is 0 Å². The number of rotatable bonds is 6. The Hall–Kier alpha value is -0.930. The van der Waals surface area contributed by atoms with Crippen molar-refractivity contribution in [3.8, 4) is 0 Å². The smallest absolute Gasteiger partial charge is 0.0763 e. The van der Waals surface area contributed by atoms with E-state index in [2.05, 4.69) is 30.2 Å². The van der Waals surface area contributed by atoms with E-state index in [9.17, 15) is 0 Å². The Morgan fingerprint density at radius 1 is 1.38 bits per heavy atom. The van der Waals surface area contributed by atoms with Crippen LogP contribution in [0.5, 0.6) is 0 Å². The molecule has 0 amide bonds. The summed E-state index contributed by atoms with van der Waals surface area (Å²) in [5, 5.41) is 3.46. The molecule has 0 bridgehead atoms. The van der Waals surface area contributed by atoms with Gasteiger partial charge >= 0.3 is 0 Å². The highest BCUT2D eigenvalue weighted by Crippen LogP contribution is 2.20. The molecule has 1 aromatic heterocycles. The van der Waals surface area contributed by atoms with E-state index < -0.39 is 0 Å². The third-order valence-corrected chi connectivity index (χ3v) is 2.79. The van der Waals surface area contributed by atoms with Crippen LogP contribution in [0.25, 0.3) is 0 Å². The van der Waals surface area contributed by atoms with Gasteiger partial charge in [-0.05, 0) is 31.5 Å². The molecule has 2 unspecified atom stereocenters. The number of hydrogen-bond acceptors (Lipinski definition) is 3. The van der Waals surface area contributed by atoms with Gasteiger partial charge in [-0.15, -0.1) is 0 Å². The number of aromatic nitrogens is 1. The third kappa shape index (κ3) is 3.29. The fourth-order valence-corrected chi connectivity index (χ4v) is 1.89. The van der Waals surface area contributed by atoms with E-state index in [0.717, 1.165) is 18.7 Å². The lowest BCUT2D eigenvalue weighted by Crippen LogP contribution is -2.33. The predicted octanol–water partition coefficient (Wildman–Crippen LogP) is 2.47. The summed E-state index contributed by atoms with van der Waals surface area (Å²) in [4.78, 5) is 4.34. The number of pyridine rings is 1. The Balaban J connectivity index is 2.87. The van der Waals surface area contributed by atoms with Crippen LogP contribution in [0.1, 0.15) is 37.6 Å². The van der Waals surface area contributed by atoms with Crippen LogP contribution in [0.4, 0.5) is 0 Å². The van der Waals surface area contributed by atoms with E-state index in [-0.39, 0.29) is 12.1 Å². The minimum absolute atomic E-state index is 0.199. The minimum Gasteiger partial charge on any atom is -0.379 e. The number of ether oxygens (including phenoxy) is 1. The Bertz CT molecular complexity index is 293. The molecule has 0 saturated heterocycles. The van der Waals surface area contributed by atoms with Crippen LogP contribution < -0.4 is 5.32 Å². The third-order valence-electron chi connectivity index (χ3n) is 2.79. The summed E-state index contributed by atoms with van der Waals surface area (Å²) in [6.07, 6.45) is 3.12. The summed E-state index contributed by atoms with van der Waals surface area (Å²) < 4.78 is 5.51. The molecule has 2 atom stereocenters. The molecule has 90 valence electrons. The van der Waals surface area contributed by atoms with Crippen LogP contribution in [-0.4, -0.2) is 24.7 Å². The zero-order valence-electron chi connectivity index (χ0n) is 10.7. The largest absolute Gasteiger partial charge is 0.379 e. The van der Waals surface area contributed by atoms with E-state index in [1.807, 2.05) is 19.2 Å². The number of aryl methyl sites for hydroxylation is 1. The van der Waals surface area contributed by atoms with Gasteiger partial charge in [0.25, 0.3) is 0 Å². The van der Waals surface area contributed by atoms with Gasteiger partial charge in [0, 0.05) is 19.0 Å². The topological polar surface area (TPSA) is 34.2 Å². The summed E-state index contributed by atoms with van der Waals surface area (Å²) >= 11 is 0. The van der Waals surface area contributed by atoms with Crippen molar-refractivity contribution < 1.29 is 4.74 Å². The Labute approximate surface area is 98.2 Å². The predicted molar refractivity (Wildman–Crippen MR) is 66.5 cm³/mol. The standard InChI is InChI=1S/C13H22N2O/c1-5-12(16-4)13(14-6-2)11-8-7-10(3)15-9-11/h7-9,12-14H,5-6H2,1-4H3. The van der Waals surface area contributed by atoms with Crippen LogP contribution in [0.3, 0.4) is 0 Å². The molecule has 0 radical (unpaired) electrons. The highest BCUT2D eigenvalue weighted by molar-refractivity contribution is 5.18. The first-order chi connectivity index (χ1) is 7.72. The van der Waals surface area contributed by atoms with Crippen molar-refractivity contribution in [3.05, 3.63) is 29.6 Å². The molecule has 1 aromatic rings. The normalized spacial score (nSPS) is 14.8. The fraction of sp³-hybridized carbons (Fsp3) is 0.615. The van der Waals surface area contributed by atoms with Crippen molar-refractivity contribution in [1.29, 1.82) is 0 Å². The lowest BCUT2D eigenvalue weighted by atomic mass is 10.0. The molecule has 1 heterocycles. The van der Waals surface area contributed by atoms with Crippen molar-refractivity contribution in [2.24, 2.45) is 0 Å². The zero-order valence-corrected chi connectivity index (χ0v) is 10.7. The zero-order chi connectivity index (χ0) is 12.0. The van der Waals surface area contributed by atoms with Crippen molar-refractivity contribution in [1.82, 2.24) is 10.3 Å². The lowest BCUT2D eigenvalue weighted by Gasteiger charge is -2.26. The summed E-state index contributed by atoms with van der Waals surface area (Å²) in [5.74, 6) is 0. The van der Waals surface area contributed by atoms with Gasteiger partial charge in [-0.2, -0.15) is 0 Å². The quantitative estimate of drug-likeness (QED) is 0.803. The first kappa shape index (κ1) is 13.1. The van der Waals surface area contributed by atoms with Crippen molar-refractivity contribution in [2.45, 2.75) is 39.3 Å². The van der Waals surface area contributed by atoms with Gasteiger partial charge in [0.05, 0.1) is 12.1 Å². The van der Waals surface area contributed by atoms with E-state index in [0.29, 0.717) is 0 Å². The SMILES string of the molecule is CCNC(c1ccc(C)nc1)C(CC)OC. The van der Waals surface area contributed by atoms with E-state index >= 15 is 0 Å². The Morgan fingerprint density at radius 3 is 2.56 bits per heavy atom. The summed E-state index contributed by atoms with van der Waals surface area (Å²) in [7, 11) is 1.76. The van der Waals surface area contributed by atoms with Gasteiger partial charge in [0.1, 0.15) is 0 Å². The van der Waals surface area contributed by atoms with Crippen LogP contribution >= 0.6 is 0 Å². The number of methoxy groups -OCH3 is 1. The van der Waals surface area contributed by atoms with Crippen molar-refractivity contribution in [3.63, 3.8) is 0 Å². The van der Waals surface area contributed by atoms with Crippen molar-refractivity contribution >= 4 is 0 Å². The second-order valence-corrected chi connectivity index (χ2v) is 3.95. The van der Waals surface area contributed by atoms with E-state index in [1.54, 1.807) is 7.11 Å². The summed E-state index contributed by atoms with van der Waals surface area (Å²) in [6, 6.07) is 4.40. The van der Waals surface area contributed by atoms with Gasteiger partial charge < -0.3 is 10.1 Å². The average Bonchev–Trinajstić information content (AvgIpc) is 2.31. The van der Waals surface area contributed by atoms with Gasteiger partial charge in [-0.3, -0.25) is 4.98 Å². The molecule has 0 spiro atoms. The molecular weight excluding hydrogens is 200 g/mol. The maximum absolute atomic E-state index is 5.51. The maximum atomic E-state index is 5.51. The second kappa shape index (κ2) is 6.61. The Morgan fingerprint density at radius 2 is 2.12 bits per heavy atom. The number of hydrogen-bond donors (Lipinski definition) is 1. The molecular formula is C13H22N2O. The molecule has 0 saturated carbocycles. The van der Waals surface area contributed by atoms with Gasteiger partial charge in [0.15, 0.2) is 0 Å². The molecule has 0 fully saturated rings. The maximum Gasteiger partial charge on any atom is 0.0763 e. The van der Waals surface area contributed by atoms with E-state index in [1.165, 1.54) is 5.56 Å². The molecule has 0 aliphatic carbocycles. The lowest BCUT2D eigenvalue weighted by molar-refractivity contribution is 0.0655. The molecule has 3 heteroatoms. The molecule has 0 aliphatic heterocycles. The van der Waals surface area contributed by atoms with Crippen LogP contribution in [0.2, 0.25) is 0 Å². The van der Waals surface area contributed by atoms with Gasteiger partial charge in [-0.1, -0.05) is 19.9 Å². The second-order valence-electron chi connectivity index (χ2n) is 3.95. The molecule has 3 nitrogen and oxygen atoms in total. The highest BCUT2D eigenvalue weighted by atomic mass is 16.5. The summed E-state index contributed by atoms with van der Waals surface area (Å²) in [5.41, 5.74) is 2.24. The number of nitrogens with zero attached hydrogens (tertiary/aromatic N) is 1. The average molecular weight is 222 g/mol. The molecule has 16 heavy (non-hydrogen) atoms. The van der Waals surface area contributed by atoms with Crippen LogP contribution in [0, 0.1) is 6.92 Å². The molecule has 1 rings (SSSR count). The molecule has 0 aliphatic rings. The van der Waals surface area contributed by atoms with E-state index in [4.69, 9.17) is 4.74 Å². The first-order valence-corrected chi connectivity index (χ1v) is 5.91. The number of nitrogens with one attached hydrogen (secondary N) is 1. The molecule has 1 N–H and O–H groups in total. The number of likely N-dealkylation sites (N-methyl/N-ethyl adjacent to an activating group) is 1. The van der Waals surface area contributed by atoms with Crippen LogP contribution in [0.15, 0.2) is 18.3 Å².